The molecule has 0 bridgehead atoms. The van der Waals surface area contributed by atoms with Gasteiger partial charge in [0.25, 0.3) is 0 Å². The SMILES string of the molecule is O=C(Cn1cc[n+](Cc2ccc3c(c2)CCO3)c1)c1ccc2ccccc2c1. The molecule has 0 saturated heterocycles. The number of carbonyl (C=O) groups excluding carboxylic acids is 1. The third-order valence-electron chi connectivity index (χ3n) is 5.26. The first kappa shape index (κ1) is 16.8. The van der Waals surface area contributed by atoms with E-state index in [-0.39, 0.29) is 5.78 Å². The van der Waals surface area contributed by atoms with Crippen LogP contribution in [0.4, 0.5) is 0 Å². The first-order valence-corrected chi connectivity index (χ1v) is 9.56. The van der Waals surface area contributed by atoms with Crippen LogP contribution in [-0.2, 0) is 19.5 Å². The van der Waals surface area contributed by atoms with Crippen molar-refractivity contribution in [3.05, 3.63) is 96.1 Å². The first-order chi connectivity index (χ1) is 13.7. The fraction of sp³-hybridized carbons (Fsp3) is 0.167. The number of carbonyl (C=O) groups is 1. The maximum Gasteiger partial charge on any atom is 0.244 e. The number of ether oxygens (including phenoxy) is 1. The number of fused-ring (bicyclic) bond motifs is 2. The lowest BCUT2D eigenvalue weighted by molar-refractivity contribution is -0.687. The minimum atomic E-state index is 0.114. The standard InChI is InChI=1S/C24H21N2O2/c27-23(21-7-6-19-3-1-2-4-20(19)14-21)16-26-11-10-25(17-26)15-18-5-8-24-22(13-18)9-12-28-24/h1-8,10-11,13-14,17H,9,12,15-16H2/q+1. The van der Waals surface area contributed by atoms with Crippen LogP contribution in [0.25, 0.3) is 10.8 Å². The highest BCUT2D eigenvalue weighted by Crippen LogP contribution is 2.25. The topological polar surface area (TPSA) is 35.1 Å². The minimum absolute atomic E-state index is 0.114. The maximum absolute atomic E-state index is 12.7. The van der Waals surface area contributed by atoms with E-state index in [1.54, 1.807) is 0 Å². The molecule has 0 radical (unpaired) electrons. The number of benzene rings is 3. The fourth-order valence-electron chi connectivity index (χ4n) is 3.79. The molecule has 0 unspecified atom stereocenters. The lowest BCUT2D eigenvalue weighted by atomic mass is 10.0. The van der Waals surface area contributed by atoms with Gasteiger partial charge < -0.3 is 4.74 Å². The van der Waals surface area contributed by atoms with Crippen molar-refractivity contribution in [1.29, 1.82) is 0 Å². The van der Waals surface area contributed by atoms with E-state index in [1.165, 1.54) is 11.1 Å². The van der Waals surface area contributed by atoms with E-state index < -0.39 is 0 Å². The highest BCUT2D eigenvalue weighted by molar-refractivity contribution is 5.99. The molecule has 0 saturated carbocycles. The first-order valence-electron chi connectivity index (χ1n) is 9.56. The Morgan fingerprint density at radius 2 is 1.93 bits per heavy atom. The monoisotopic (exact) mass is 369 g/mol. The van der Waals surface area contributed by atoms with Crippen LogP contribution in [0.3, 0.4) is 0 Å². The Morgan fingerprint density at radius 1 is 1.04 bits per heavy atom. The Morgan fingerprint density at radius 3 is 2.86 bits per heavy atom. The lowest BCUT2D eigenvalue weighted by Gasteiger charge is -2.03. The Balaban J connectivity index is 1.29. The van der Waals surface area contributed by atoms with Gasteiger partial charge in [0.05, 0.1) is 6.61 Å². The second kappa shape index (κ2) is 6.97. The van der Waals surface area contributed by atoms with Gasteiger partial charge in [-0.3, -0.25) is 4.79 Å². The number of ketones is 1. The highest BCUT2D eigenvalue weighted by atomic mass is 16.5. The van der Waals surface area contributed by atoms with Gasteiger partial charge in [-0.25, -0.2) is 9.13 Å². The van der Waals surface area contributed by atoms with Gasteiger partial charge in [-0.2, -0.15) is 0 Å². The molecule has 0 N–H and O–H groups in total. The van der Waals surface area contributed by atoms with Crippen molar-refractivity contribution >= 4 is 16.6 Å². The highest BCUT2D eigenvalue weighted by Gasteiger charge is 2.15. The van der Waals surface area contributed by atoms with E-state index in [0.717, 1.165) is 41.7 Å². The smallest absolute Gasteiger partial charge is 0.244 e. The summed E-state index contributed by atoms with van der Waals surface area (Å²) in [6, 6.07) is 20.4. The largest absolute Gasteiger partial charge is 0.493 e. The molecule has 5 rings (SSSR count). The van der Waals surface area contributed by atoms with Crippen molar-refractivity contribution < 1.29 is 14.1 Å². The molecule has 1 aliphatic rings. The fourth-order valence-corrected chi connectivity index (χ4v) is 3.79. The van der Waals surface area contributed by atoms with Gasteiger partial charge in [-0.15, -0.1) is 0 Å². The second-order valence-electron chi connectivity index (χ2n) is 7.28. The van der Waals surface area contributed by atoms with Crippen LogP contribution in [0.15, 0.2) is 79.4 Å². The zero-order chi connectivity index (χ0) is 18.9. The normalized spacial score (nSPS) is 12.7. The second-order valence-corrected chi connectivity index (χ2v) is 7.28. The van der Waals surface area contributed by atoms with Crippen LogP contribution in [0.2, 0.25) is 0 Å². The van der Waals surface area contributed by atoms with Crippen molar-refractivity contribution in [1.82, 2.24) is 4.57 Å². The summed E-state index contributed by atoms with van der Waals surface area (Å²) in [4.78, 5) is 12.7. The predicted molar refractivity (Wildman–Crippen MR) is 108 cm³/mol. The molecule has 4 heteroatoms. The van der Waals surface area contributed by atoms with Crippen molar-refractivity contribution in [2.24, 2.45) is 0 Å². The molecule has 0 spiro atoms. The van der Waals surface area contributed by atoms with E-state index >= 15 is 0 Å². The third kappa shape index (κ3) is 3.29. The van der Waals surface area contributed by atoms with E-state index in [2.05, 4.69) is 28.8 Å². The number of imidazole rings is 1. The predicted octanol–water partition coefficient (Wildman–Crippen LogP) is 3.79. The number of nitrogens with zero attached hydrogens (tertiary/aromatic N) is 2. The molecule has 0 fully saturated rings. The van der Waals surface area contributed by atoms with Gasteiger partial charge in [-0.1, -0.05) is 42.5 Å². The van der Waals surface area contributed by atoms with E-state index in [9.17, 15) is 4.79 Å². The molecule has 0 amide bonds. The number of rotatable bonds is 5. The molecule has 138 valence electrons. The number of aromatic nitrogens is 2. The van der Waals surface area contributed by atoms with Gasteiger partial charge >= 0.3 is 0 Å². The van der Waals surface area contributed by atoms with E-state index in [0.29, 0.717) is 6.54 Å². The molecule has 3 aromatic carbocycles. The molecule has 0 atom stereocenters. The van der Waals surface area contributed by atoms with Crippen LogP contribution in [0.5, 0.6) is 5.75 Å². The van der Waals surface area contributed by atoms with Gasteiger partial charge in [0.2, 0.25) is 12.1 Å². The summed E-state index contributed by atoms with van der Waals surface area (Å²) < 4.78 is 9.61. The summed E-state index contributed by atoms with van der Waals surface area (Å²) in [6.45, 7) is 1.90. The Labute approximate surface area is 163 Å². The van der Waals surface area contributed by atoms with Gasteiger partial charge in [0.1, 0.15) is 24.7 Å². The third-order valence-corrected chi connectivity index (χ3v) is 5.26. The quantitative estimate of drug-likeness (QED) is 0.396. The Hall–Kier alpha value is -3.40. The summed E-state index contributed by atoms with van der Waals surface area (Å²) >= 11 is 0. The van der Waals surface area contributed by atoms with E-state index in [4.69, 9.17) is 4.74 Å². The molecule has 28 heavy (non-hydrogen) atoms. The Bertz CT molecular complexity index is 1180. The molecule has 4 aromatic rings. The summed E-state index contributed by atoms with van der Waals surface area (Å²) in [6.07, 6.45) is 6.94. The molecule has 2 heterocycles. The van der Waals surface area contributed by atoms with Crippen LogP contribution in [0, 0.1) is 0 Å². The van der Waals surface area contributed by atoms with Gasteiger partial charge in [0.15, 0.2) is 6.54 Å². The van der Waals surface area contributed by atoms with Gasteiger partial charge in [0, 0.05) is 12.0 Å². The average Bonchev–Trinajstić information content (AvgIpc) is 3.36. The average molecular weight is 369 g/mol. The Kier molecular flexibility index (Phi) is 4.17. The minimum Gasteiger partial charge on any atom is -0.493 e. The maximum atomic E-state index is 12.7. The van der Waals surface area contributed by atoms with Crippen LogP contribution in [0.1, 0.15) is 21.5 Å². The molecular weight excluding hydrogens is 348 g/mol. The summed E-state index contributed by atoms with van der Waals surface area (Å²) in [5.74, 6) is 1.12. The number of hydrogen-bond acceptors (Lipinski definition) is 2. The van der Waals surface area contributed by atoms with Crippen molar-refractivity contribution in [3.63, 3.8) is 0 Å². The van der Waals surface area contributed by atoms with Crippen molar-refractivity contribution in [2.75, 3.05) is 6.61 Å². The van der Waals surface area contributed by atoms with Gasteiger partial charge in [-0.05, 0) is 40.1 Å². The summed E-state index contributed by atoms with van der Waals surface area (Å²) in [5, 5.41) is 2.24. The number of hydrogen-bond donors (Lipinski definition) is 0. The van der Waals surface area contributed by atoms with Crippen molar-refractivity contribution in [2.45, 2.75) is 19.5 Å². The molecule has 0 aliphatic carbocycles. The lowest BCUT2D eigenvalue weighted by Crippen LogP contribution is -2.31. The van der Waals surface area contributed by atoms with Crippen LogP contribution < -0.4 is 9.30 Å². The molecular formula is C24H21N2O2+. The summed E-state index contributed by atoms with van der Waals surface area (Å²) in [7, 11) is 0. The molecule has 4 nitrogen and oxygen atoms in total. The number of Topliss-reactive ketones (excluding diaryl/α,β-unsaturated/α-hetero) is 1. The zero-order valence-electron chi connectivity index (χ0n) is 15.5. The van der Waals surface area contributed by atoms with Crippen LogP contribution in [-0.4, -0.2) is 17.0 Å². The van der Waals surface area contributed by atoms with Crippen molar-refractivity contribution in [3.8, 4) is 5.75 Å². The summed E-state index contributed by atoms with van der Waals surface area (Å²) in [5.41, 5.74) is 3.27. The molecule has 1 aliphatic heterocycles. The zero-order valence-corrected chi connectivity index (χ0v) is 15.5. The van der Waals surface area contributed by atoms with E-state index in [1.807, 2.05) is 59.7 Å². The van der Waals surface area contributed by atoms with Crippen LogP contribution >= 0.6 is 0 Å². The molecule has 1 aromatic heterocycles.